The van der Waals surface area contributed by atoms with E-state index >= 15 is 0 Å². The molecule has 0 aromatic heterocycles. The molecule has 1 N–H and O–H groups in total. The van der Waals surface area contributed by atoms with Crippen LogP contribution in [0.15, 0.2) is 11.6 Å². The van der Waals surface area contributed by atoms with Crippen LogP contribution in [-0.2, 0) is 9.53 Å². The van der Waals surface area contributed by atoms with Gasteiger partial charge in [0.25, 0.3) is 0 Å². The fourth-order valence-electron chi connectivity index (χ4n) is 11.0. The molecule has 1 spiro atoms. The Morgan fingerprint density at radius 1 is 0.879 bits per heavy atom. The van der Waals surface area contributed by atoms with E-state index in [0.717, 1.165) is 25.7 Å². The molecule has 0 amide bonds. The van der Waals surface area contributed by atoms with E-state index in [2.05, 4.69) is 54.5 Å². The van der Waals surface area contributed by atoms with Gasteiger partial charge in [-0.25, -0.2) is 0 Å². The van der Waals surface area contributed by atoms with Gasteiger partial charge in [0.15, 0.2) is 6.29 Å². The Balaban J connectivity index is 1.47. The fourth-order valence-corrected chi connectivity index (χ4v) is 11.0. The van der Waals surface area contributed by atoms with Gasteiger partial charge >= 0.3 is 0 Å². The van der Waals surface area contributed by atoms with Crippen LogP contribution >= 0.6 is 0 Å². The van der Waals surface area contributed by atoms with E-state index in [0.29, 0.717) is 29.0 Å². The third-order valence-corrected chi connectivity index (χ3v) is 12.9. The molecule has 5 aliphatic carbocycles. The number of fused-ring (bicyclic) bond motifs is 7. The van der Waals surface area contributed by atoms with Crippen LogP contribution in [-0.4, -0.2) is 23.3 Å². The topological polar surface area (TPSA) is 46.5 Å². The van der Waals surface area contributed by atoms with Gasteiger partial charge in [-0.05, 0) is 96.2 Å². The zero-order chi connectivity index (χ0) is 23.8. The Bertz CT molecular complexity index is 931. The second-order valence-electron chi connectivity index (χ2n) is 15.3. The summed E-state index contributed by atoms with van der Waals surface area (Å²) < 4.78 is 6.23. The normalized spacial score (nSPS) is 56.2. The number of rotatable bonds is 0. The van der Waals surface area contributed by atoms with Crippen LogP contribution in [0.4, 0.5) is 0 Å². The monoisotopic (exact) mass is 454 g/mol. The van der Waals surface area contributed by atoms with Gasteiger partial charge in [0.2, 0.25) is 0 Å². The van der Waals surface area contributed by atoms with Crippen molar-refractivity contribution in [2.45, 2.75) is 119 Å². The lowest BCUT2D eigenvalue weighted by molar-refractivity contribution is -0.340. The molecule has 1 unspecified atom stereocenters. The molecule has 2 saturated heterocycles. The third-order valence-electron chi connectivity index (χ3n) is 12.9. The predicted molar refractivity (Wildman–Crippen MR) is 130 cm³/mol. The fraction of sp³-hybridized carbons (Fsp3) is 0.900. The minimum Gasteiger partial charge on any atom is -0.367 e. The summed E-state index contributed by atoms with van der Waals surface area (Å²) in [5.74, 6) is 1.42. The van der Waals surface area contributed by atoms with Gasteiger partial charge in [0.05, 0.1) is 11.5 Å². The first kappa shape index (κ1) is 22.8. The van der Waals surface area contributed by atoms with Gasteiger partial charge in [-0.15, -0.1) is 0 Å². The standard InChI is InChI=1S/C30H46O3/c1-25(2)14-15-27(5)11-8-19-28(6)12-9-18-26(3,4)23-16-22(31)30(18,24(32)33-23)20(28)10-13-29(19,7)21(27)17-25/h8,18,20-21,23-24,32H,9-17H2,1-7H3/t18-,20-,21+,23-,24?,27-,28-,29+,30+/m0/s1. The maximum absolute atomic E-state index is 13.9. The van der Waals surface area contributed by atoms with Crippen molar-refractivity contribution >= 4 is 5.78 Å². The summed E-state index contributed by atoms with van der Waals surface area (Å²) in [4.78, 5) is 13.9. The van der Waals surface area contributed by atoms with Crippen molar-refractivity contribution in [3.63, 3.8) is 0 Å². The highest BCUT2D eigenvalue weighted by atomic mass is 16.6. The van der Waals surface area contributed by atoms with E-state index in [-0.39, 0.29) is 34.2 Å². The van der Waals surface area contributed by atoms with E-state index < -0.39 is 11.7 Å². The number of hydrogen-bond acceptors (Lipinski definition) is 3. The van der Waals surface area contributed by atoms with Crippen LogP contribution in [0.25, 0.3) is 0 Å². The number of allylic oxidation sites excluding steroid dienone is 2. The quantitative estimate of drug-likeness (QED) is 0.415. The van der Waals surface area contributed by atoms with Gasteiger partial charge in [0.1, 0.15) is 5.78 Å². The first-order chi connectivity index (χ1) is 15.2. The van der Waals surface area contributed by atoms with Crippen LogP contribution in [0.3, 0.4) is 0 Å². The first-order valence-electron chi connectivity index (χ1n) is 13.8. The molecule has 33 heavy (non-hydrogen) atoms. The third kappa shape index (κ3) is 2.52. The van der Waals surface area contributed by atoms with Crippen molar-refractivity contribution in [1.29, 1.82) is 0 Å². The van der Waals surface area contributed by atoms with E-state index in [1.165, 1.54) is 25.7 Å². The van der Waals surface area contributed by atoms with Gasteiger partial charge in [-0.1, -0.05) is 60.1 Å². The molecular weight excluding hydrogens is 408 g/mol. The van der Waals surface area contributed by atoms with Gasteiger partial charge in [-0.2, -0.15) is 0 Å². The van der Waals surface area contributed by atoms with Crippen LogP contribution < -0.4 is 0 Å². The molecule has 2 aliphatic heterocycles. The predicted octanol–water partition coefficient (Wildman–Crippen LogP) is 6.68. The molecule has 0 aromatic rings. The zero-order valence-electron chi connectivity index (χ0n) is 22.1. The molecule has 6 fully saturated rings. The molecule has 9 atom stereocenters. The summed E-state index contributed by atoms with van der Waals surface area (Å²) in [6, 6.07) is 0. The minimum atomic E-state index is -0.932. The molecule has 0 radical (unpaired) electrons. The van der Waals surface area contributed by atoms with E-state index in [9.17, 15) is 9.90 Å². The number of ether oxygens (including phenoxy) is 1. The van der Waals surface area contributed by atoms with Crippen LogP contribution in [0.2, 0.25) is 0 Å². The molecule has 3 heteroatoms. The Morgan fingerprint density at radius 2 is 1.52 bits per heavy atom. The molecule has 3 nitrogen and oxygen atoms in total. The van der Waals surface area contributed by atoms with E-state index in [4.69, 9.17) is 4.74 Å². The molecule has 2 heterocycles. The summed E-state index contributed by atoms with van der Waals surface area (Å²) in [6.07, 6.45) is 11.6. The second-order valence-corrected chi connectivity index (χ2v) is 15.3. The summed E-state index contributed by atoms with van der Waals surface area (Å²) in [5, 5.41) is 11.4. The van der Waals surface area contributed by atoms with Crippen molar-refractivity contribution in [3.05, 3.63) is 11.6 Å². The molecule has 4 saturated carbocycles. The number of aliphatic hydroxyl groups is 1. The largest absolute Gasteiger partial charge is 0.367 e. The molecule has 2 bridgehead atoms. The van der Waals surface area contributed by atoms with Crippen LogP contribution in [0.5, 0.6) is 0 Å². The Kier molecular flexibility index (Phi) is 4.39. The highest BCUT2D eigenvalue weighted by Gasteiger charge is 2.75. The number of Topliss-reactive ketones (excluding diaryl/α,β-unsaturated/α-hetero) is 1. The summed E-state index contributed by atoms with van der Waals surface area (Å²) in [5.41, 5.74) is 1.86. The second kappa shape index (κ2) is 6.36. The Labute approximate surface area is 201 Å². The smallest absolute Gasteiger partial charge is 0.168 e. The Hall–Kier alpha value is -0.670. The summed E-state index contributed by atoms with van der Waals surface area (Å²) in [6.45, 7) is 17.1. The zero-order valence-corrected chi connectivity index (χ0v) is 22.1. The first-order valence-corrected chi connectivity index (χ1v) is 13.8. The van der Waals surface area contributed by atoms with Gasteiger partial charge < -0.3 is 9.84 Å². The SMILES string of the molecule is CC1(C)CC[C@]2(C)CC=C3[C@]4(C)CC[C@H]5C(C)(C)[C@@H]6CC(=O)[C@]5(C(O)O6)[C@H]4CC[C@@]3(C)[C@@H]2C1. The van der Waals surface area contributed by atoms with Crippen LogP contribution in [0, 0.1) is 50.2 Å². The molecule has 0 aromatic carbocycles. The highest BCUT2D eigenvalue weighted by molar-refractivity contribution is 5.89. The maximum atomic E-state index is 13.9. The average Bonchev–Trinajstić information content (AvgIpc) is 2.71. The Morgan fingerprint density at radius 3 is 2.18 bits per heavy atom. The van der Waals surface area contributed by atoms with Crippen molar-refractivity contribution in [3.8, 4) is 0 Å². The lowest BCUT2D eigenvalue weighted by Gasteiger charge is -2.72. The van der Waals surface area contributed by atoms with Crippen LogP contribution in [0.1, 0.15) is 106 Å². The molecule has 184 valence electrons. The molecule has 7 aliphatic rings. The van der Waals surface area contributed by atoms with Gasteiger partial charge in [0, 0.05) is 6.42 Å². The van der Waals surface area contributed by atoms with Gasteiger partial charge in [-0.3, -0.25) is 4.79 Å². The lowest BCUT2D eigenvalue weighted by Crippen LogP contribution is -2.74. The van der Waals surface area contributed by atoms with E-state index in [1.54, 1.807) is 5.57 Å². The molecule has 7 rings (SSSR count). The van der Waals surface area contributed by atoms with Crippen molar-refractivity contribution < 1.29 is 14.6 Å². The number of carbonyl (C=O) groups excluding carboxylic acids is 1. The average molecular weight is 455 g/mol. The number of carbonyl (C=O) groups is 1. The minimum absolute atomic E-state index is 0.0212. The summed E-state index contributed by atoms with van der Waals surface area (Å²) >= 11 is 0. The maximum Gasteiger partial charge on any atom is 0.168 e. The molecular formula is C30H46O3. The lowest BCUT2D eigenvalue weighted by atomic mass is 9.33. The van der Waals surface area contributed by atoms with Crippen molar-refractivity contribution in [2.75, 3.05) is 0 Å². The number of ketones is 1. The number of hydrogen-bond donors (Lipinski definition) is 1. The highest BCUT2D eigenvalue weighted by Crippen LogP contribution is 2.76. The van der Waals surface area contributed by atoms with Crippen molar-refractivity contribution in [2.24, 2.45) is 50.2 Å². The van der Waals surface area contributed by atoms with Crippen molar-refractivity contribution in [1.82, 2.24) is 0 Å². The number of aliphatic hydroxyl groups excluding tert-OH is 1. The summed E-state index contributed by atoms with van der Waals surface area (Å²) in [7, 11) is 0. The van der Waals surface area contributed by atoms with E-state index in [1.807, 2.05) is 0 Å².